The predicted molar refractivity (Wildman–Crippen MR) is 81.3 cm³/mol. The van der Waals surface area contributed by atoms with Gasteiger partial charge in [-0.15, -0.1) is 0 Å². The summed E-state index contributed by atoms with van der Waals surface area (Å²) in [6.45, 7) is 9.58. The van der Waals surface area contributed by atoms with E-state index >= 15 is 0 Å². The molecule has 0 aliphatic rings. The molecule has 0 amide bonds. The third-order valence-corrected chi connectivity index (χ3v) is 3.38. The highest BCUT2D eigenvalue weighted by Crippen LogP contribution is 2.22. The number of aromatic nitrogens is 4. The summed E-state index contributed by atoms with van der Waals surface area (Å²) in [5.41, 5.74) is 2.04. The van der Waals surface area contributed by atoms with Gasteiger partial charge in [0.1, 0.15) is 16.8 Å². The van der Waals surface area contributed by atoms with E-state index in [0.717, 1.165) is 35.9 Å². The van der Waals surface area contributed by atoms with Crippen molar-refractivity contribution < 1.29 is 0 Å². The summed E-state index contributed by atoms with van der Waals surface area (Å²) in [4.78, 5) is 8.83. The molecule has 0 saturated carbocycles. The third-order valence-electron chi connectivity index (χ3n) is 3.02. The van der Waals surface area contributed by atoms with Crippen LogP contribution in [0.4, 0.5) is 5.82 Å². The smallest absolute Gasteiger partial charge is 0.137 e. The fourth-order valence-electron chi connectivity index (χ4n) is 1.81. The molecule has 0 aromatic carbocycles. The maximum Gasteiger partial charge on any atom is 0.137 e. The Kier molecular flexibility index (Phi) is 4.60. The molecule has 0 aliphatic carbocycles. The summed E-state index contributed by atoms with van der Waals surface area (Å²) in [6.07, 6.45) is 3.87. The van der Waals surface area contributed by atoms with Gasteiger partial charge in [-0.2, -0.15) is 5.10 Å². The highest BCUT2D eigenvalue weighted by atomic mass is 35.5. The standard InChI is InChI=1S/C14H20ClN5/c1-9(2)13-18-12(15)11(4)14(19-13)16-5-6-20-8-10(3)7-17-20/h7-9H,5-6H2,1-4H3,(H,16,18,19). The van der Waals surface area contributed by atoms with Gasteiger partial charge in [-0.1, -0.05) is 25.4 Å². The van der Waals surface area contributed by atoms with Gasteiger partial charge in [-0.3, -0.25) is 4.68 Å². The molecule has 6 heteroatoms. The molecule has 0 unspecified atom stereocenters. The van der Waals surface area contributed by atoms with Gasteiger partial charge in [0, 0.05) is 24.2 Å². The van der Waals surface area contributed by atoms with Gasteiger partial charge < -0.3 is 5.32 Å². The molecule has 108 valence electrons. The molecule has 2 aromatic heterocycles. The Morgan fingerprint density at radius 2 is 2.05 bits per heavy atom. The Balaban J connectivity index is 2.05. The molecule has 1 N–H and O–H groups in total. The van der Waals surface area contributed by atoms with Crippen molar-refractivity contribution in [1.82, 2.24) is 19.7 Å². The van der Waals surface area contributed by atoms with Crippen LogP contribution in [0.15, 0.2) is 12.4 Å². The fourth-order valence-corrected chi connectivity index (χ4v) is 1.99. The lowest BCUT2D eigenvalue weighted by Gasteiger charge is -2.12. The zero-order valence-electron chi connectivity index (χ0n) is 12.3. The Hall–Kier alpha value is -1.62. The van der Waals surface area contributed by atoms with Crippen molar-refractivity contribution in [1.29, 1.82) is 0 Å². The molecule has 0 fully saturated rings. The van der Waals surface area contributed by atoms with Gasteiger partial charge in [0.15, 0.2) is 0 Å². The van der Waals surface area contributed by atoms with Crippen LogP contribution in [-0.4, -0.2) is 26.3 Å². The van der Waals surface area contributed by atoms with E-state index in [0.29, 0.717) is 5.15 Å². The number of aryl methyl sites for hydroxylation is 1. The molecular formula is C14H20ClN5. The van der Waals surface area contributed by atoms with Crippen molar-refractivity contribution >= 4 is 17.4 Å². The van der Waals surface area contributed by atoms with Gasteiger partial charge in [0.25, 0.3) is 0 Å². The average Bonchev–Trinajstić information content (AvgIpc) is 2.80. The van der Waals surface area contributed by atoms with Crippen molar-refractivity contribution in [3.05, 3.63) is 34.5 Å². The summed E-state index contributed by atoms with van der Waals surface area (Å²) >= 11 is 6.15. The number of hydrogen-bond acceptors (Lipinski definition) is 4. The number of nitrogens with one attached hydrogen (secondary N) is 1. The topological polar surface area (TPSA) is 55.6 Å². The van der Waals surface area contributed by atoms with Crippen molar-refractivity contribution in [2.24, 2.45) is 0 Å². The van der Waals surface area contributed by atoms with Crippen LogP contribution in [0.5, 0.6) is 0 Å². The second-order valence-corrected chi connectivity index (χ2v) is 5.57. The summed E-state index contributed by atoms with van der Waals surface area (Å²) in [5.74, 6) is 1.82. The van der Waals surface area contributed by atoms with Crippen LogP contribution in [0.3, 0.4) is 0 Å². The number of rotatable bonds is 5. The zero-order valence-corrected chi connectivity index (χ0v) is 13.1. The summed E-state index contributed by atoms with van der Waals surface area (Å²) in [5, 5.41) is 8.08. The van der Waals surface area contributed by atoms with E-state index in [1.165, 1.54) is 0 Å². The summed E-state index contributed by atoms with van der Waals surface area (Å²) < 4.78 is 1.91. The second kappa shape index (κ2) is 6.22. The molecule has 0 aliphatic heterocycles. The number of nitrogens with zero attached hydrogens (tertiary/aromatic N) is 4. The zero-order chi connectivity index (χ0) is 14.7. The predicted octanol–water partition coefficient (Wildman–Crippen LogP) is 3.18. The van der Waals surface area contributed by atoms with Crippen LogP contribution >= 0.6 is 11.6 Å². The van der Waals surface area contributed by atoms with Crippen LogP contribution in [0.25, 0.3) is 0 Å². The van der Waals surface area contributed by atoms with Gasteiger partial charge >= 0.3 is 0 Å². The molecule has 0 radical (unpaired) electrons. The number of hydrogen-bond donors (Lipinski definition) is 1. The van der Waals surface area contributed by atoms with E-state index in [1.54, 1.807) is 0 Å². The van der Waals surface area contributed by atoms with Gasteiger partial charge in [-0.25, -0.2) is 9.97 Å². The first-order valence-corrected chi connectivity index (χ1v) is 7.12. The average molecular weight is 294 g/mol. The highest BCUT2D eigenvalue weighted by molar-refractivity contribution is 6.30. The molecule has 20 heavy (non-hydrogen) atoms. The quantitative estimate of drug-likeness (QED) is 0.860. The van der Waals surface area contributed by atoms with E-state index in [-0.39, 0.29) is 5.92 Å². The van der Waals surface area contributed by atoms with Crippen LogP contribution in [0.2, 0.25) is 5.15 Å². The molecule has 2 heterocycles. The fraction of sp³-hybridized carbons (Fsp3) is 0.500. The minimum Gasteiger partial charge on any atom is -0.368 e. The summed E-state index contributed by atoms with van der Waals surface area (Å²) in [6, 6.07) is 0. The van der Waals surface area contributed by atoms with Crippen LogP contribution < -0.4 is 5.32 Å². The van der Waals surface area contributed by atoms with Crippen molar-refractivity contribution in [3.8, 4) is 0 Å². The third kappa shape index (κ3) is 3.48. The van der Waals surface area contributed by atoms with E-state index in [9.17, 15) is 0 Å². The Bertz CT molecular complexity index is 591. The molecule has 0 spiro atoms. The normalized spacial score (nSPS) is 11.1. The largest absolute Gasteiger partial charge is 0.368 e. The van der Waals surface area contributed by atoms with Gasteiger partial charge in [0.2, 0.25) is 0 Å². The molecule has 5 nitrogen and oxygen atoms in total. The number of anilines is 1. The molecule has 2 aromatic rings. The van der Waals surface area contributed by atoms with E-state index in [4.69, 9.17) is 11.6 Å². The van der Waals surface area contributed by atoms with Gasteiger partial charge in [-0.05, 0) is 19.4 Å². The van der Waals surface area contributed by atoms with E-state index in [2.05, 4.69) is 34.2 Å². The van der Waals surface area contributed by atoms with Crippen molar-refractivity contribution in [3.63, 3.8) is 0 Å². The molecule has 0 bridgehead atoms. The first-order chi connectivity index (χ1) is 9.47. The molecule has 0 saturated heterocycles. The summed E-state index contributed by atoms with van der Waals surface area (Å²) in [7, 11) is 0. The van der Waals surface area contributed by atoms with Crippen LogP contribution in [-0.2, 0) is 6.54 Å². The second-order valence-electron chi connectivity index (χ2n) is 5.21. The maximum atomic E-state index is 6.15. The van der Waals surface area contributed by atoms with Crippen LogP contribution in [0, 0.1) is 13.8 Å². The monoisotopic (exact) mass is 293 g/mol. The maximum absolute atomic E-state index is 6.15. The SMILES string of the molecule is Cc1cnn(CCNc2nc(C(C)C)nc(Cl)c2C)c1. The van der Waals surface area contributed by atoms with E-state index < -0.39 is 0 Å². The number of halogens is 1. The lowest BCUT2D eigenvalue weighted by Crippen LogP contribution is -2.14. The Labute approximate surface area is 124 Å². The Morgan fingerprint density at radius 3 is 2.65 bits per heavy atom. The van der Waals surface area contributed by atoms with Crippen LogP contribution in [0.1, 0.15) is 36.7 Å². The minimum absolute atomic E-state index is 0.252. The minimum atomic E-state index is 0.252. The first kappa shape index (κ1) is 14.8. The van der Waals surface area contributed by atoms with Crippen molar-refractivity contribution in [2.75, 3.05) is 11.9 Å². The Morgan fingerprint density at radius 1 is 1.30 bits per heavy atom. The van der Waals surface area contributed by atoms with E-state index in [1.807, 2.05) is 30.9 Å². The molecule has 2 rings (SSSR count). The molecular weight excluding hydrogens is 274 g/mol. The highest BCUT2D eigenvalue weighted by Gasteiger charge is 2.11. The molecule has 0 atom stereocenters. The first-order valence-electron chi connectivity index (χ1n) is 6.74. The lowest BCUT2D eigenvalue weighted by atomic mass is 10.2. The van der Waals surface area contributed by atoms with Crippen molar-refractivity contribution in [2.45, 2.75) is 40.2 Å². The lowest BCUT2D eigenvalue weighted by molar-refractivity contribution is 0.635. The van der Waals surface area contributed by atoms with Gasteiger partial charge in [0.05, 0.1) is 12.7 Å².